The summed E-state index contributed by atoms with van der Waals surface area (Å²) in [6.45, 7) is 3.83. The monoisotopic (exact) mass is 239 g/mol. The zero-order chi connectivity index (χ0) is 11.4. The van der Waals surface area contributed by atoms with Gasteiger partial charge in [-0.15, -0.1) is 0 Å². The highest BCUT2D eigenvalue weighted by molar-refractivity contribution is 6.49. The number of hydrogen-bond donors (Lipinski definition) is 0. The van der Waals surface area contributed by atoms with Gasteiger partial charge < -0.3 is 0 Å². The molecule has 78 valence electrons. The molecule has 1 nitrogen and oxygen atoms in total. The van der Waals surface area contributed by atoms with E-state index in [1.54, 1.807) is 6.07 Å². The summed E-state index contributed by atoms with van der Waals surface area (Å²) in [6.07, 6.45) is 0.636. The predicted octanol–water partition coefficient (Wildman–Crippen LogP) is 4.53. The lowest BCUT2D eigenvalue weighted by molar-refractivity contribution is 1.16. The fraction of sp³-hybridized carbons (Fsp3) is 0.250. The van der Waals surface area contributed by atoms with E-state index in [-0.39, 0.29) is 0 Å². The van der Waals surface area contributed by atoms with E-state index in [1.807, 2.05) is 26.0 Å². The van der Waals surface area contributed by atoms with Gasteiger partial charge in [0.05, 0.1) is 11.1 Å². The van der Waals surface area contributed by atoms with Crippen molar-refractivity contribution < 1.29 is 0 Å². The van der Waals surface area contributed by atoms with Crippen LogP contribution < -0.4 is 0 Å². The van der Waals surface area contributed by atoms with Gasteiger partial charge in [-0.25, -0.2) is 0 Å². The lowest BCUT2D eigenvalue weighted by atomic mass is 10.0. The maximum atomic E-state index is 8.88. The second kappa shape index (κ2) is 5.21. The normalized spacial score (nSPS) is 11.9. The molecule has 0 fully saturated rings. The van der Waals surface area contributed by atoms with Gasteiger partial charge in [0.1, 0.15) is 0 Å². The van der Waals surface area contributed by atoms with Gasteiger partial charge in [-0.2, -0.15) is 5.26 Å². The van der Waals surface area contributed by atoms with Crippen LogP contribution >= 0.6 is 23.2 Å². The molecule has 1 rings (SSSR count). The summed E-state index contributed by atoms with van der Waals surface area (Å²) in [5.41, 5.74) is 2.45. The first-order valence-electron chi connectivity index (χ1n) is 4.65. The molecule has 3 heteroatoms. The molecule has 0 radical (unpaired) electrons. The molecule has 15 heavy (non-hydrogen) atoms. The van der Waals surface area contributed by atoms with Crippen molar-refractivity contribution in [3.05, 3.63) is 39.9 Å². The van der Waals surface area contributed by atoms with Gasteiger partial charge in [0.15, 0.2) is 0 Å². The molecule has 0 aliphatic carbocycles. The average molecular weight is 240 g/mol. The average Bonchev–Trinajstić information content (AvgIpc) is 2.19. The Labute approximate surface area is 99.9 Å². The highest BCUT2D eigenvalue weighted by Crippen LogP contribution is 2.28. The SMILES string of the molecule is CC/C(C#N)=C(/Cl)c1ccc(Cl)cc1C. The summed E-state index contributed by atoms with van der Waals surface area (Å²) in [5.74, 6) is 0. The largest absolute Gasteiger partial charge is 0.193 e. The molecule has 1 aromatic rings. The van der Waals surface area contributed by atoms with Gasteiger partial charge in [0.25, 0.3) is 0 Å². The van der Waals surface area contributed by atoms with Crippen LogP contribution in [0.5, 0.6) is 0 Å². The van der Waals surface area contributed by atoms with Crippen molar-refractivity contribution in [2.45, 2.75) is 20.3 Å². The molecular weight excluding hydrogens is 229 g/mol. The Morgan fingerprint density at radius 1 is 1.47 bits per heavy atom. The van der Waals surface area contributed by atoms with E-state index in [1.165, 1.54) is 0 Å². The maximum absolute atomic E-state index is 8.88. The van der Waals surface area contributed by atoms with E-state index < -0.39 is 0 Å². The van der Waals surface area contributed by atoms with E-state index in [0.29, 0.717) is 22.0 Å². The van der Waals surface area contributed by atoms with E-state index in [0.717, 1.165) is 11.1 Å². The van der Waals surface area contributed by atoms with Gasteiger partial charge in [0, 0.05) is 10.6 Å². The quantitative estimate of drug-likeness (QED) is 0.696. The molecule has 0 saturated heterocycles. The van der Waals surface area contributed by atoms with Gasteiger partial charge in [0.2, 0.25) is 0 Å². The van der Waals surface area contributed by atoms with Gasteiger partial charge >= 0.3 is 0 Å². The van der Waals surface area contributed by atoms with E-state index >= 15 is 0 Å². The second-order valence-corrected chi connectivity index (χ2v) is 4.03. The van der Waals surface area contributed by atoms with Crippen LogP contribution in [0.2, 0.25) is 5.02 Å². The Morgan fingerprint density at radius 3 is 2.60 bits per heavy atom. The fourth-order valence-electron chi connectivity index (χ4n) is 1.32. The predicted molar refractivity (Wildman–Crippen MR) is 64.9 cm³/mol. The van der Waals surface area contributed by atoms with Crippen LogP contribution in [0.1, 0.15) is 24.5 Å². The zero-order valence-electron chi connectivity index (χ0n) is 8.64. The molecule has 0 unspecified atom stereocenters. The summed E-state index contributed by atoms with van der Waals surface area (Å²) >= 11 is 12.0. The van der Waals surface area contributed by atoms with Crippen molar-refractivity contribution in [3.8, 4) is 6.07 Å². The second-order valence-electron chi connectivity index (χ2n) is 3.22. The molecule has 0 N–H and O–H groups in total. The van der Waals surface area contributed by atoms with Crippen molar-refractivity contribution in [3.63, 3.8) is 0 Å². The van der Waals surface area contributed by atoms with Gasteiger partial charge in [-0.05, 0) is 36.6 Å². The smallest absolute Gasteiger partial charge is 0.0962 e. The van der Waals surface area contributed by atoms with Crippen LogP contribution in [-0.2, 0) is 0 Å². The first-order valence-corrected chi connectivity index (χ1v) is 5.41. The third kappa shape index (κ3) is 2.75. The molecule has 0 aromatic heterocycles. The highest BCUT2D eigenvalue weighted by Gasteiger charge is 2.08. The maximum Gasteiger partial charge on any atom is 0.0962 e. The summed E-state index contributed by atoms with van der Waals surface area (Å²) < 4.78 is 0. The van der Waals surface area contributed by atoms with Crippen LogP contribution in [0, 0.1) is 18.3 Å². The summed E-state index contributed by atoms with van der Waals surface area (Å²) in [6, 6.07) is 7.56. The minimum atomic E-state index is 0.522. The summed E-state index contributed by atoms with van der Waals surface area (Å²) in [4.78, 5) is 0. The number of rotatable bonds is 2. The summed E-state index contributed by atoms with van der Waals surface area (Å²) in [5, 5.41) is 10.1. The van der Waals surface area contributed by atoms with Crippen molar-refractivity contribution in [1.82, 2.24) is 0 Å². The van der Waals surface area contributed by atoms with Gasteiger partial charge in [-0.3, -0.25) is 0 Å². The molecule has 0 aliphatic rings. The standard InChI is InChI=1S/C12H11Cl2N/c1-3-9(7-15)12(14)11-5-4-10(13)6-8(11)2/h4-6H,3H2,1-2H3/b12-9-. The van der Waals surface area contributed by atoms with Crippen LogP contribution in [0.4, 0.5) is 0 Å². The van der Waals surface area contributed by atoms with Gasteiger partial charge in [-0.1, -0.05) is 36.2 Å². The molecule has 0 heterocycles. The number of nitriles is 1. The molecule has 1 aromatic carbocycles. The van der Waals surface area contributed by atoms with Crippen LogP contribution in [-0.4, -0.2) is 0 Å². The lowest BCUT2D eigenvalue weighted by Gasteiger charge is -2.06. The number of halogens is 2. The number of nitrogens with zero attached hydrogens (tertiary/aromatic N) is 1. The third-order valence-corrected chi connectivity index (χ3v) is 2.85. The molecule has 0 atom stereocenters. The van der Waals surface area contributed by atoms with E-state index in [4.69, 9.17) is 28.5 Å². The Morgan fingerprint density at radius 2 is 2.13 bits per heavy atom. The number of aryl methyl sites for hydroxylation is 1. The molecule has 0 bridgehead atoms. The molecule has 0 aliphatic heterocycles. The van der Waals surface area contributed by atoms with Crippen LogP contribution in [0.15, 0.2) is 23.8 Å². The third-order valence-electron chi connectivity index (χ3n) is 2.18. The first-order chi connectivity index (χ1) is 7.10. The Bertz CT molecular complexity index is 441. The Kier molecular flexibility index (Phi) is 4.20. The van der Waals surface area contributed by atoms with Crippen LogP contribution in [0.3, 0.4) is 0 Å². The van der Waals surface area contributed by atoms with Crippen molar-refractivity contribution in [1.29, 1.82) is 5.26 Å². The molecule has 0 amide bonds. The van der Waals surface area contributed by atoms with Crippen LogP contribution in [0.25, 0.3) is 5.03 Å². The lowest BCUT2D eigenvalue weighted by Crippen LogP contribution is -1.88. The number of hydrogen-bond acceptors (Lipinski definition) is 1. The van der Waals surface area contributed by atoms with Crippen molar-refractivity contribution in [2.75, 3.05) is 0 Å². The zero-order valence-corrected chi connectivity index (χ0v) is 10.2. The minimum Gasteiger partial charge on any atom is -0.193 e. The number of benzene rings is 1. The molecule has 0 saturated carbocycles. The fourth-order valence-corrected chi connectivity index (χ4v) is 1.93. The van der Waals surface area contributed by atoms with Crippen molar-refractivity contribution >= 4 is 28.2 Å². The number of allylic oxidation sites excluding steroid dienone is 1. The Hall–Kier alpha value is -0.970. The first kappa shape index (κ1) is 12.1. The minimum absolute atomic E-state index is 0.522. The Balaban J connectivity index is 3.29. The van der Waals surface area contributed by atoms with Crippen molar-refractivity contribution in [2.24, 2.45) is 0 Å². The topological polar surface area (TPSA) is 23.8 Å². The van der Waals surface area contributed by atoms with E-state index in [2.05, 4.69) is 6.07 Å². The molecular formula is C12H11Cl2N. The summed E-state index contributed by atoms with van der Waals surface area (Å²) in [7, 11) is 0. The highest BCUT2D eigenvalue weighted by atomic mass is 35.5. The molecule has 0 spiro atoms. The van der Waals surface area contributed by atoms with E-state index in [9.17, 15) is 0 Å².